The fraction of sp³-hybridized carbons (Fsp3) is 0.200. The normalized spacial score (nSPS) is 11.0. The van der Waals surface area contributed by atoms with E-state index in [9.17, 15) is 14.9 Å². The van der Waals surface area contributed by atoms with Gasteiger partial charge in [-0.15, -0.1) is 0 Å². The third-order valence-electron chi connectivity index (χ3n) is 1.97. The first-order chi connectivity index (χ1) is 8.04. The maximum atomic E-state index is 10.6. The summed E-state index contributed by atoms with van der Waals surface area (Å²) in [6.07, 6.45) is 0.202. The molecule has 0 aromatic heterocycles. The van der Waals surface area contributed by atoms with Gasteiger partial charge in [-0.2, -0.15) is 5.43 Å². The van der Waals surface area contributed by atoms with Crippen molar-refractivity contribution in [3.05, 3.63) is 39.9 Å². The van der Waals surface area contributed by atoms with Gasteiger partial charge in [-0.05, 0) is 29.2 Å². The maximum Gasteiger partial charge on any atom is 0.363 e. The molecule has 0 aliphatic rings. The van der Waals surface area contributed by atoms with Gasteiger partial charge in [0.25, 0.3) is 0 Å². The van der Waals surface area contributed by atoms with Crippen LogP contribution in [-0.2, 0) is 0 Å². The molecule has 0 heterocycles. The zero-order chi connectivity index (χ0) is 12.8. The largest absolute Gasteiger partial charge is 0.478 e. The highest BCUT2D eigenvalue weighted by molar-refractivity contribution is 5.88. The quantitative estimate of drug-likeness (QED) is 0.359. The van der Waals surface area contributed by atoms with Crippen LogP contribution in [0, 0.1) is 10.1 Å². The minimum atomic E-state index is -1.03. The number of hydrogen-bond donors (Lipinski definition) is 2. The number of anilines is 1. The lowest BCUT2D eigenvalue weighted by Crippen LogP contribution is -2.12. The first kappa shape index (κ1) is 12.6. The van der Waals surface area contributed by atoms with E-state index in [1.807, 2.05) is 0 Å². The van der Waals surface area contributed by atoms with Crippen LogP contribution in [0.15, 0.2) is 29.4 Å². The van der Waals surface area contributed by atoms with Crippen LogP contribution >= 0.6 is 0 Å². The zero-order valence-corrected chi connectivity index (χ0v) is 9.08. The molecule has 0 aliphatic carbocycles. The maximum absolute atomic E-state index is 10.6. The Balaban J connectivity index is 2.76. The van der Waals surface area contributed by atoms with Crippen molar-refractivity contribution >= 4 is 17.5 Å². The lowest BCUT2D eigenvalue weighted by Gasteiger charge is -1.98. The molecule has 1 rings (SSSR count). The van der Waals surface area contributed by atoms with E-state index in [0.29, 0.717) is 5.69 Å². The lowest BCUT2D eigenvalue weighted by atomic mass is 10.2. The van der Waals surface area contributed by atoms with Crippen molar-refractivity contribution in [3.63, 3.8) is 0 Å². The van der Waals surface area contributed by atoms with Crippen LogP contribution < -0.4 is 5.43 Å². The van der Waals surface area contributed by atoms with Gasteiger partial charge in [-0.1, -0.05) is 6.92 Å². The number of carboxylic acids is 1. The highest BCUT2D eigenvalue weighted by Gasteiger charge is 2.09. The van der Waals surface area contributed by atoms with E-state index >= 15 is 0 Å². The number of hydrazone groups is 1. The molecule has 7 heteroatoms. The summed E-state index contributed by atoms with van der Waals surface area (Å²) in [5.74, 6) is -1.22. The molecule has 17 heavy (non-hydrogen) atoms. The number of rotatable bonds is 4. The van der Waals surface area contributed by atoms with E-state index in [2.05, 4.69) is 10.5 Å². The van der Waals surface area contributed by atoms with Gasteiger partial charge in [-0.3, -0.25) is 0 Å². The smallest absolute Gasteiger partial charge is 0.363 e. The average Bonchev–Trinajstić information content (AvgIpc) is 2.30. The Kier molecular flexibility index (Phi) is 4.15. The Hall–Kier alpha value is -2.44. The predicted molar refractivity (Wildman–Crippen MR) is 61.7 cm³/mol. The molecule has 1 aromatic rings. The van der Waals surface area contributed by atoms with Crippen molar-refractivity contribution in [1.29, 1.82) is 0 Å². The minimum Gasteiger partial charge on any atom is -0.478 e. The molecule has 0 amide bonds. The molecule has 0 saturated heterocycles. The third-order valence-corrected chi connectivity index (χ3v) is 1.97. The summed E-state index contributed by atoms with van der Waals surface area (Å²) in [5, 5.41) is 22.7. The van der Waals surface area contributed by atoms with E-state index in [-0.39, 0.29) is 17.8 Å². The van der Waals surface area contributed by atoms with Crippen molar-refractivity contribution in [2.45, 2.75) is 13.3 Å². The first-order valence-corrected chi connectivity index (χ1v) is 4.85. The highest BCUT2D eigenvalue weighted by atomic mass is 16.6. The van der Waals surface area contributed by atoms with Gasteiger partial charge in [0.15, 0.2) is 0 Å². The molecule has 0 bridgehead atoms. The summed E-state index contributed by atoms with van der Waals surface area (Å²) in [4.78, 5) is 20.5. The number of nitro groups is 1. The Morgan fingerprint density at radius 2 is 2.06 bits per heavy atom. The van der Waals surface area contributed by atoms with E-state index < -0.39 is 10.9 Å². The lowest BCUT2D eigenvalue weighted by molar-refractivity contribution is -0.353. The zero-order valence-electron chi connectivity index (χ0n) is 9.08. The summed E-state index contributed by atoms with van der Waals surface area (Å²) in [5.41, 5.74) is 3.13. The van der Waals surface area contributed by atoms with Gasteiger partial charge >= 0.3 is 11.8 Å². The summed E-state index contributed by atoms with van der Waals surface area (Å²) in [6, 6.07) is 5.75. The molecule has 0 aliphatic heterocycles. The van der Waals surface area contributed by atoms with Crippen LogP contribution in [0.25, 0.3) is 0 Å². The molecule has 0 atom stereocenters. The second kappa shape index (κ2) is 5.59. The number of nitrogens with zero attached hydrogens (tertiary/aromatic N) is 2. The monoisotopic (exact) mass is 237 g/mol. The Morgan fingerprint density at radius 3 is 2.47 bits per heavy atom. The Labute approximate surface area is 96.9 Å². The van der Waals surface area contributed by atoms with E-state index in [1.165, 1.54) is 24.3 Å². The first-order valence-electron chi connectivity index (χ1n) is 4.85. The summed E-state index contributed by atoms with van der Waals surface area (Å²) in [6.45, 7) is 1.62. The van der Waals surface area contributed by atoms with Gasteiger partial charge < -0.3 is 15.2 Å². The predicted octanol–water partition coefficient (Wildman–Crippen LogP) is 1.80. The fourth-order valence-corrected chi connectivity index (χ4v) is 1.07. The SMILES string of the molecule is CC/C(=N\Nc1ccc(C(=O)O)cc1)[N+](=O)[O-]. The molecule has 7 nitrogen and oxygen atoms in total. The van der Waals surface area contributed by atoms with Gasteiger partial charge in [0.1, 0.15) is 0 Å². The minimum absolute atomic E-state index is 0.143. The van der Waals surface area contributed by atoms with Crippen molar-refractivity contribution in [2.75, 3.05) is 5.43 Å². The number of nitrogens with one attached hydrogen (secondary N) is 1. The van der Waals surface area contributed by atoms with Gasteiger partial charge in [-0.25, -0.2) is 4.79 Å². The topological polar surface area (TPSA) is 105 Å². The second-order valence-corrected chi connectivity index (χ2v) is 3.13. The van der Waals surface area contributed by atoms with E-state index in [0.717, 1.165) is 0 Å². The van der Waals surface area contributed by atoms with Crippen LogP contribution in [0.2, 0.25) is 0 Å². The van der Waals surface area contributed by atoms with Gasteiger partial charge in [0.05, 0.1) is 22.8 Å². The highest BCUT2D eigenvalue weighted by Crippen LogP contribution is 2.09. The number of hydrogen-bond acceptors (Lipinski definition) is 5. The number of aromatic carboxylic acids is 1. The molecule has 0 radical (unpaired) electrons. The molecule has 0 saturated carbocycles. The second-order valence-electron chi connectivity index (χ2n) is 3.13. The van der Waals surface area contributed by atoms with E-state index in [4.69, 9.17) is 5.11 Å². The number of carboxylic acid groups (broad SMARTS) is 1. The van der Waals surface area contributed by atoms with Crippen molar-refractivity contribution in [3.8, 4) is 0 Å². The standard InChI is InChI=1S/C10H11N3O4/c1-2-9(13(16)17)12-11-8-5-3-7(4-6-8)10(14)15/h3-6,11H,2H2,1H3,(H,14,15)/b12-9+. The molecule has 90 valence electrons. The van der Waals surface area contributed by atoms with E-state index in [1.54, 1.807) is 6.92 Å². The van der Waals surface area contributed by atoms with Crippen LogP contribution in [0.5, 0.6) is 0 Å². The molecule has 0 unspecified atom stereocenters. The molecular weight excluding hydrogens is 226 g/mol. The third kappa shape index (κ3) is 3.56. The van der Waals surface area contributed by atoms with Crippen molar-refractivity contribution < 1.29 is 14.8 Å². The average molecular weight is 237 g/mol. The van der Waals surface area contributed by atoms with Crippen LogP contribution in [0.1, 0.15) is 23.7 Å². The Bertz CT molecular complexity index is 453. The van der Waals surface area contributed by atoms with Gasteiger partial charge in [0, 0.05) is 0 Å². The summed E-state index contributed by atoms with van der Waals surface area (Å²) in [7, 11) is 0. The van der Waals surface area contributed by atoms with Crippen molar-refractivity contribution in [2.24, 2.45) is 5.10 Å². The Morgan fingerprint density at radius 1 is 1.47 bits per heavy atom. The fourth-order valence-electron chi connectivity index (χ4n) is 1.07. The molecule has 2 N–H and O–H groups in total. The summed E-state index contributed by atoms with van der Waals surface area (Å²) < 4.78 is 0. The number of amidine groups is 1. The summed E-state index contributed by atoms with van der Waals surface area (Å²) >= 11 is 0. The number of carbonyl (C=O) groups is 1. The molecule has 0 spiro atoms. The van der Waals surface area contributed by atoms with Crippen LogP contribution in [0.3, 0.4) is 0 Å². The van der Waals surface area contributed by atoms with Crippen molar-refractivity contribution in [1.82, 2.24) is 0 Å². The molecule has 0 fully saturated rings. The number of benzene rings is 1. The van der Waals surface area contributed by atoms with Crippen LogP contribution in [-0.4, -0.2) is 21.8 Å². The van der Waals surface area contributed by atoms with Gasteiger partial charge in [0.2, 0.25) is 0 Å². The van der Waals surface area contributed by atoms with Crippen LogP contribution in [0.4, 0.5) is 5.69 Å². The molecular formula is C10H11N3O4. The molecule has 1 aromatic carbocycles.